The summed E-state index contributed by atoms with van der Waals surface area (Å²) in [5.74, 6) is 0.0934. The first-order valence-electron chi connectivity index (χ1n) is 5.57. The minimum absolute atomic E-state index is 0.00898. The number of nitrogens with one attached hydrogen (secondary N) is 1. The SMILES string of the molecule is CC(O)CC(C)NC(=O)C(CN)C(C)C. The summed E-state index contributed by atoms with van der Waals surface area (Å²) in [4.78, 5) is 11.7. The number of carbonyl (C=O) groups excluding carboxylic acids is 1. The molecule has 0 aliphatic heterocycles. The summed E-state index contributed by atoms with van der Waals surface area (Å²) in [6.45, 7) is 7.93. The molecule has 4 heteroatoms. The quantitative estimate of drug-likeness (QED) is 0.605. The standard InChI is InChI=1S/C11H24N2O2/c1-7(2)10(6-12)11(15)13-8(3)5-9(4)14/h7-10,14H,5-6,12H2,1-4H3,(H,13,15). The second-order valence-corrected chi connectivity index (χ2v) is 4.58. The van der Waals surface area contributed by atoms with Crippen LogP contribution in [-0.4, -0.2) is 29.7 Å². The van der Waals surface area contributed by atoms with Gasteiger partial charge in [-0.05, 0) is 26.2 Å². The van der Waals surface area contributed by atoms with Gasteiger partial charge in [-0.2, -0.15) is 0 Å². The molecule has 0 fully saturated rings. The molecule has 0 bridgehead atoms. The highest BCUT2D eigenvalue weighted by Crippen LogP contribution is 2.10. The summed E-state index contributed by atoms with van der Waals surface area (Å²) in [6.07, 6.45) is 0.178. The molecule has 3 atom stereocenters. The Balaban J connectivity index is 4.10. The fourth-order valence-electron chi connectivity index (χ4n) is 1.60. The molecule has 0 heterocycles. The lowest BCUT2D eigenvalue weighted by Crippen LogP contribution is -2.42. The third-order valence-corrected chi connectivity index (χ3v) is 2.48. The molecular weight excluding hydrogens is 192 g/mol. The largest absolute Gasteiger partial charge is 0.393 e. The van der Waals surface area contributed by atoms with Gasteiger partial charge < -0.3 is 16.2 Å². The van der Waals surface area contributed by atoms with Gasteiger partial charge in [0.05, 0.1) is 12.0 Å². The van der Waals surface area contributed by atoms with Crippen molar-refractivity contribution >= 4 is 5.91 Å². The Morgan fingerprint density at radius 2 is 1.87 bits per heavy atom. The number of nitrogens with two attached hydrogens (primary N) is 1. The summed E-state index contributed by atoms with van der Waals surface area (Å²) >= 11 is 0. The highest BCUT2D eigenvalue weighted by molar-refractivity contribution is 5.79. The van der Waals surface area contributed by atoms with Crippen LogP contribution in [0.25, 0.3) is 0 Å². The number of aliphatic hydroxyl groups excluding tert-OH is 1. The Kier molecular flexibility index (Phi) is 6.52. The molecule has 0 spiro atoms. The van der Waals surface area contributed by atoms with Crippen LogP contribution in [0.1, 0.15) is 34.1 Å². The summed E-state index contributed by atoms with van der Waals surface area (Å²) in [6, 6.07) is -0.00898. The number of carbonyl (C=O) groups is 1. The van der Waals surface area contributed by atoms with Crippen molar-refractivity contribution in [3.63, 3.8) is 0 Å². The summed E-state index contributed by atoms with van der Waals surface area (Å²) in [5.41, 5.74) is 5.54. The molecule has 0 rings (SSSR count). The first-order valence-corrected chi connectivity index (χ1v) is 5.57. The first-order chi connectivity index (χ1) is 6.88. The van der Waals surface area contributed by atoms with Crippen LogP contribution in [-0.2, 0) is 4.79 Å². The monoisotopic (exact) mass is 216 g/mol. The zero-order chi connectivity index (χ0) is 12.0. The molecule has 3 unspecified atom stereocenters. The average Bonchev–Trinajstić information content (AvgIpc) is 2.01. The second-order valence-electron chi connectivity index (χ2n) is 4.58. The predicted octanol–water partition coefficient (Wildman–Crippen LogP) is 0.493. The topological polar surface area (TPSA) is 75.3 Å². The van der Waals surface area contributed by atoms with Crippen LogP contribution >= 0.6 is 0 Å². The minimum Gasteiger partial charge on any atom is -0.393 e. The van der Waals surface area contributed by atoms with E-state index in [1.807, 2.05) is 20.8 Å². The zero-order valence-electron chi connectivity index (χ0n) is 10.2. The molecule has 90 valence electrons. The van der Waals surface area contributed by atoms with Crippen molar-refractivity contribution in [3.8, 4) is 0 Å². The van der Waals surface area contributed by atoms with Gasteiger partial charge >= 0.3 is 0 Å². The van der Waals surface area contributed by atoms with Gasteiger partial charge in [0.25, 0.3) is 0 Å². The van der Waals surface area contributed by atoms with Gasteiger partial charge in [0, 0.05) is 12.6 Å². The molecule has 0 aliphatic carbocycles. The fourth-order valence-corrected chi connectivity index (χ4v) is 1.60. The van der Waals surface area contributed by atoms with E-state index in [9.17, 15) is 4.79 Å². The molecule has 0 aromatic heterocycles. The lowest BCUT2D eigenvalue weighted by molar-refractivity contribution is -0.126. The highest BCUT2D eigenvalue weighted by atomic mass is 16.3. The van der Waals surface area contributed by atoms with E-state index in [-0.39, 0.29) is 23.8 Å². The van der Waals surface area contributed by atoms with Crippen LogP contribution in [0.15, 0.2) is 0 Å². The molecule has 15 heavy (non-hydrogen) atoms. The maximum Gasteiger partial charge on any atom is 0.224 e. The molecule has 0 radical (unpaired) electrons. The Labute approximate surface area is 92.2 Å². The van der Waals surface area contributed by atoms with Crippen molar-refractivity contribution in [1.29, 1.82) is 0 Å². The van der Waals surface area contributed by atoms with E-state index in [1.54, 1.807) is 6.92 Å². The van der Waals surface area contributed by atoms with E-state index in [2.05, 4.69) is 5.32 Å². The van der Waals surface area contributed by atoms with E-state index >= 15 is 0 Å². The van der Waals surface area contributed by atoms with Crippen molar-refractivity contribution in [2.45, 2.75) is 46.3 Å². The van der Waals surface area contributed by atoms with Crippen molar-refractivity contribution in [3.05, 3.63) is 0 Å². The van der Waals surface area contributed by atoms with Crippen molar-refractivity contribution in [2.75, 3.05) is 6.54 Å². The fraction of sp³-hybridized carbons (Fsp3) is 0.909. The molecule has 0 aromatic rings. The van der Waals surface area contributed by atoms with Gasteiger partial charge in [0.15, 0.2) is 0 Å². The number of amides is 1. The number of hydrogen-bond donors (Lipinski definition) is 3. The van der Waals surface area contributed by atoms with E-state index < -0.39 is 6.10 Å². The van der Waals surface area contributed by atoms with Gasteiger partial charge in [0.2, 0.25) is 5.91 Å². The number of aliphatic hydroxyl groups is 1. The van der Waals surface area contributed by atoms with Crippen LogP contribution < -0.4 is 11.1 Å². The normalized spacial score (nSPS) is 17.3. The maximum atomic E-state index is 11.7. The number of hydrogen-bond acceptors (Lipinski definition) is 3. The summed E-state index contributed by atoms with van der Waals surface area (Å²) < 4.78 is 0. The van der Waals surface area contributed by atoms with Gasteiger partial charge in [-0.25, -0.2) is 0 Å². The van der Waals surface area contributed by atoms with E-state index in [1.165, 1.54) is 0 Å². The van der Waals surface area contributed by atoms with E-state index in [0.29, 0.717) is 13.0 Å². The van der Waals surface area contributed by atoms with Crippen LogP contribution in [0, 0.1) is 11.8 Å². The van der Waals surface area contributed by atoms with Gasteiger partial charge in [-0.15, -0.1) is 0 Å². The van der Waals surface area contributed by atoms with Gasteiger partial charge in [-0.3, -0.25) is 4.79 Å². The predicted molar refractivity (Wildman–Crippen MR) is 61.3 cm³/mol. The Morgan fingerprint density at radius 1 is 1.33 bits per heavy atom. The molecule has 4 nitrogen and oxygen atoms in total. The van der Waals surface area contributed by atoms with E-state index in [0.717, 1.165) is 0 Å². The van der Waals surface area contributed by atoms with Gasteiger partial charge in [-0.1, -0.05) is 13.8 Å². The smallest absolute Gasteiger partial charge is 0.224 e. The molecule has 0 aromatic carbocycles. The second kappa shape index (κ2) is 6.80. The van der Waals surface area contributed by atoms with Crippen LogP contribution in [0.5, 0.6) is 0 Å². The molecule has 0 aliphatic rings. The van der Waals surface area contributed by atoms with Crippen molar-refractivity contribution in [1.82, 2.24) is 5.32 Å². The van der Waals surface area contributed by atoms with Crippen molar-refractivity contribution < 1.29 is 9.90 Å². The summed E-state index contributed by atoms with van der Waals surface area (Å²) in [5, 5.41) is 12.0. The Morgan fingerprint density at radius 3 is 2.20 bits per heavy atom. The third-order valence-electron chi connectivity index (χ3n) is 2.48. The van der Waals surface area contributed by atoms with Gasteiger partial charge in [0.1, 0.15) is 0 Å². The lowest BCUT2D eigenvalue weighted by atomic mass is 9.94. The third kappa shape index (κ3) is 5.74. The molecule has 0 saturated carbocycles. The maximum absolute atomic E-state index is 11.7. The molecule has 4 N–H and O–H groups in total. The Bertz CT molecular complexity index is 193. The molecule has 0 saturated heterocycles. The molecular formula is C11H24N2O2. The van der Waals surface area contributed by atoms with Crippen molar-refractivity contribution in [2.24, 2.45) is 17.6 Å². The van der Waals surface area contributed by atoms with Crippen LogP contribution in [0.2, 0.25) is 0 Å². The highest BCUT2D eigenvalue weighted by Gasteiger charge is 2.21. The average molecular weight is 216 g/mol. The lowest BCUT2D eigenvalue weighted by Gasteiger charge is -2.22. The molecule has 1 amide bonds. The van der Waals surface area contributed by atoms with Crippen LogP contribution in [0.4, 0.5) is 0 Å². The zero-order valence-corrected chi connectivity index (χ0v) is 10.2. The Hall–Kier alpha value is -0.610. The minimum atomic E-state index is -0.393. The number of rotatable bonds is 6. The summed E-state index contributed by atoms with van der Waals surface area (Å²) in [7, 11) is 0. The van der Waals surface area contributed by atoms with E-state index in [4.69, 9.17) is 10.8 Å². The first kappa shape index (κ1) is 14.4. The van der Waals surface area contributed by atoms with Crippen LogP contribution in [0.3, 0.4) is 0 Å².